The summed E-state index contributed by atoms with van der Waals surface area (Å²) >= 11 is 0. The molecule has 1 amide bonds. The molecule has 0 heterocycles. The minimum Gasteiger partial charge on any atom is -0.497 e. The zero-order valence-corrected chi connectivity index (χ0v) is 8.36. The normalized spacial score (nSPS) is 9.29. The van der Waals surface area contributed by atoms with E-state index in [0.717, 1.165) is 11.4 Å². The summed E-state index contributed by atoms with van der Waals surface area (Å²) in [7, 11) is 3.30. The van der Waals surface area contributed by atoms with E-state index in [-0.39, 0.29) is 5.91 Å². The van der Waals surface area contributed by atoms with Crippen LogP contribution in [0.1, 0.15) is 0 Å². The molecule has 3 heteroatoms. The van der Waals surface area contributed by atoms with Crippen molar-refractivity contribution in [2.45, 2.75) is 0 Å². The molecule has 0 saturated carbocycles. The van der Waals surface area contributed by atoms with E-state index in [2.05, 4.69) is 6.58 Å². The Morgan fingerprint density at radius 2 is 2.00 bits per heavy atom. The van der Waals surface area contributed by atoms with Crippen molar-refractivity contribution in [3.05, 3.63) is 36.9 Å². The smallest absolute Gasteiger partial charge is 0.250 e. The van der Waals surface area contributed by atoms with E-state index >= 15 is 0 Å². The third kappa shape index (κ3) is 2.13. The number of methoxy groups -OCH3 is 1. The van der Waals surface area contributed by atoms with Gasteiger partial charge in [-0.05, 0) is 30.3 Å². The van der Waals surface area contributed by atoms with Crippen molar-refractivity contribution < 1.29 is 9.53 Å². The Bertz CT molecular complexity index is 330. The Labute approximate surface area is 83.6 Å². The Morgan fingerprint density at radius 1 is 1.43 bits per heavy atom. The number of amides is 1. The molecule has 0 saturated heterocycles. The fraction of sp³-hybridized carbons (Fsp3) is 0.182. The molecule has 0 spiro atoms. The standard InChI is InChI=1S/C11H13NO2/c1-4-11(13)12(2)9-5-7-10(14-3)8-6-9/h4-8H,1H2,2-3H3. The molecule has 3 nitrogen and oxygen atoms in total. The van der Waals surface area contributed by atoms with Gasteiger partial charge in [0.2, 0.25) is 5.91 Å². The zero-order chi connectivity index (χ0) is 10.6. The van der Waals surface area contributed by atoms with Crippen molar-refractivity contribution in [1.29, 1.82) is 0 Å². The van der Waals surface area contributed by atoms with Crippen molar-refractivity contribution in [2.24, 2.45) is 0 Å². The highest BCUT2D eigenvalue weighted by molar-refractivity contribution is 6.00. The van der Waals surface area contributed by atoms with Crippen molar-refractivity contribution in [1.82, 2.24) is 0 Å². The molecule has 0 radical (unpaired) electrons. The molecule has 74 valence electrons. The minimum absolute atomic E-state index is 0.129. The van der Waals surface area contributed by atoms with Gasteiger partial charge in [-0.1, -0.05) is 6.58 Å². The maximum atomic E-state index is 11.2. The molecular formula is C11H13NO2. The maximum Gasteiger partial charge on any atom is 0.250 e. The zero-order valence-electron chi connectivity index (χ0n) is 8.36. The highest BCUT2D eigenvalue weighted by atomic mass is 16.5. The lowest BCUT2D eigenvalue weighted by Gasteiger charge is -2.15. The molecule has 0 fully saturated rings. The first-order valence-electron chi connectivity index (χ1n) is 4.23. The SMILES string of the molecule is C=CC(=O)N(C)c1ccc(OC)cc1. The number of ether oxygens (including phenoxy) is 1. The summed E-state index contributed by atoms with van der Waals surface area (Å²) in [6.45, 7) is 3.43. The van der Waals surface area contributed by atoms with E-state index in [4.69, 9.17) is 4.74 Å². The van der Waals surface area contributed by atoms with Gasteiger partial charge in [-0.2, -0.15) is 0 Å². The lowest BCUT2D eigenvalue weighted by Crippen LogP contribution is -2.23. The van der Waals surface area contributed by atoms with E-state index in [1.54, 1.807) is 14.2 Å². The van der Waals surface area contributed by atoms with Gasteiger partial charge >= 0.3 is 0 Å². The van der Waals surface area contributed by atoms with Crippen LogP contribution in [0.5, 0.6) is 5.75 Å². The van der Waals surface area contributed by atoms with Gasteiger partial charge in [0.05, 0.1) is 7.11 Å². The summed E-state index contributed by atoms with van der Waals surface area (Å²) < 4.78 is 5.01. The van der Waals surface area contributed by atoms with E-state index in [1.165, 1.54) is 11.0 Å². The van der Waals surface area contributed by atoms with Crippen LogP contribution >= 0.6 is 0 Å². The monoisotopic (exact) mass is 191 g/mol. The second kappa shape index (κ2) is 4.46. The molecule has 0 aliphatic carbocycles. The molecule has 1 rings (SSSR count). The van der Waals surface area contributed by atoms with Crippen molar-refractivity contribution >= 4 is 11.6 Å². The highest BCUT2D eigenvalue weighted by Gasteiger charge is 2.05. The third-order valence-electron chi connectivity index (χ3n) is 1.96. The van der Waals surface area contributed by atoms with Gasteiger partial charge in [0.1, 0.15) is 5.75 Å². The molecular weight excluding hydrogens is 178 g/mol. The molecule has 1 aromatic rings. The Kier molecular flexibility index (Phi) is 3.29. The van der Waals surface area contributed by atoms with Crippen LogP contribution in [0.15, 0.2) is 36.9 Å². The number of benzene rings is 1. The predicted octanol–water partition coefficient (Wildman–Crippen LogP) is 1.84. The molecule has 1 aromatic carbocycles. The molecule has 0 atom stereocenters. The molecule has 0 N–H and O–H groups in total. The Morgan fingerprint density at radius 3 is 2.43 bits per heavy atom. The largest absolute Gasteiger partial charge is 0.497 e. The lowest BCUT2D eigenvalue weighted by molar-refractivity contribution is -0.113. The van der Waals surface area contributed by atoms with Crippen molar-refractivity contribution in [2.75, 3.05) is 19.1 Å². The predicted molar refractivity (Wildman–Crippen MR) is 56.6 cm³/mol. The summed E-state index contributed by atoms with van der Waals surface area (Å²) in [6, 6.07) is 7.25. The first-order valence-corrected chi connectivity index (χ1v) is 4.23. The maximum absolute atomic E-state index is 11.2. The number of carbonyl (C=O) groups excluding carboxylic acids is 1. The molecule has 0 bridgehead atoms. The number of carbonyl (C=O) groups is 1. The topological polar surface area (TPSA) is 29.5 Å². The lowest BCUT2D eigenvalue weighted by atomic mass is 10.3. The molecule has 0 aliphatic heterocycles. The van der Waals surface area contributed by atoms with Crippen LogP contribution in [0.3, 0.4) is 0 Å². The minimum atomic E-state index is -0.129. The van der Waals surface area contributed by atoms with Crippen LogP contribution in [0.4, 0.5) is 5.69 Å². The first-order chi connectivity index (χ1) is 6.69. The van der Waals surface area contributed by atoms with E-state index in [1.807, 2.05) is 24.3 Å². The quantitative estimate of drug-likeness (QED) is 0.682. The fourth-order valence-corrected chi connectivity index (χ4v) is 1.07. The third-order valence-corrected chi connectivity index (χ3v) is 1.96. The van der Waals surface area contributed by atoms with Crippen LogP contribution in [0.25, 0.3) is 0 Å². The van der Waals surface area contributed by atoms with Crippen LogP contribution < -0.4 is 9.64 Å². The Hall–Kier alpha value is -1.77. The van der Waals surface area contributed by atoms with Gasteiger partial charge in [-0.25, -0.2) is 0 Å². The van der Waals surface area contributed by atoms with Gasteiger partial charge in [0.15, 0.2) is 0 Å². The van der Waals surface area contributed by atoms with Crippen LogP contribution in [-0.2, 0) is 4.79 Å². The number of hydrogen-bond donors (Lipinski definition) is 0. The summed E-state index contributed by atoms with van der Waals surface area (Å²) in [5, 5.41) is 0. The van der Waals surface area contributed by atoms with Gasteiger partial charge < -0.3 is 9.64 Å². The summed E-state index contributed by atoms with van der Waals surface area (Å²) in [6.07, 6.45) is 1.28. The van der Waals surface area contributed by atoms with Crippen molar-refractivity contribution in [3.8, 4) is 5.75 Å². The Balaban J connectivity index is 2.86. The van der Waals surface area contributed by atoms with Gasteiger partial charge in [0.25, 0.3) is 0 Å². The second-order valence-corrected chi connectivity index (χ2v) is 2.80. The summed E-state index contributed by atoms with van der Waals surface area (Å²) in [5.74, 6) is 0.642. The summed E-state index contributed by atoms with van der Waals surface area (Å²) in [5.41, 5.74) is 0.815. The average Bonchev–Trinajstić information content (AvgIpc) is 2.27. The van der Waals surface area contributed by atoms with Crippen molar-refractivity contribution in [3.63, 3.8) is 0 Å². The average molecular weight is 191 g/mol. The number of hydrogen-bond acceptors (Lipinski definition) is 2. The van der Waals surface area contributed by atoms with Crippen LogP contribution in [0, 0.1) is 0 Å². The van der Waals surface area contributed by atoms with E-state index < -0.39 is 0 Å². The number of rotatable bonds is 3. The molecule has 0 aliphatic rings. The van der Waals surface area contributed by atoms with Crippen LogP contribution in [0.2, 0.25) is 0 Å². The van der Waals surface area contributed by atoms with Gasteiger partial charge in [-0.3, -0.25) is 4.79 Å². The van der Waals surface area contributed by atoms with E-state index in [0.29, 0.717) is 0 Å². The number of nitrogens with zero attached hydrogens (tertiary/aromatic N) is 1. The van der Waals surface area contributed by atoms with E-state index in [9.17, 15) is 4.79 Å². The fourth-order valence-electron chi connectivity index (χ4n) is 1.07. The van der Waals surface area contributed by atoms with Gasteiger partial charge in [0, 0.05) is 12.7 Å². The molecule has 0 unspecified atom stereocenters. The highest BCUT2D eigenvalue weighted by Crippen LogP contribution is 2.18. The number of likely N-dealkylation sites (N-methyl/N-ethyl adjacent to an activating group) is 1. The van der Waals surface area contributed by atoms with Gasteiger partial charge in [-0.15, -0.1) is 0 Å². The second-order valence-electron chi connectivity index (χ2n) is 2.80. The first kappa shape index (κ1) is 10.3. The summed E-state index contributed by atoms with van der Waals surface area (Å²) in [4.78, 5) is 12.8. The van der Waals surface area contributed by atoms with Crippen LogP contribution in [-0.4, -0.2) is 20.1 Å². The molecule has 14 heavy (non-hydrogen) atoms. The number of anilines is 1. The molecule has 0 aromatic heterocycles.